The van der Waals surface area contributed by atoms with Crippen molar-refractivity contribution in [1.29, 1.82) is 15.8 Å². The molecule has 0 bridgehead atoms. The summed E-state index contributed by atoms with van der Waals surface area (Å²) in [4.78, 5) is 15.0. The van der Waals surface area contributed by atoms with Gasteiger partial charge >= 0.3 is 0 Å². The Morgan fingerprint density at radius 2 is 0.981 bits per heavy atom. The molecule has 244 valence electrons. The molecule has 0 saturated carbocycles. The average Bonchev–Trinajstić information content (AvgIpc) is 3.20. The summed E-state index contributed by atoms with van der Waals surface area (Å²) in [7, 11) is 0. The lowest BCUT2D eigenvalue weighted by atomic mass is 9.92. The third kappa shape index (κ3) is 4.96. The molecule has 0 radical (unpaired) electrons. The molecule has 0 spiro atoms. The molecule has 6 nitrogen and oxygen atoms in total. The van der Waals surface area contributed by atoms with E-state index in [2.05, 4.69) is 12.1 Å². The van der Waals surface area contributed by atoms with Gasteiger partial charge in [-0.05, 0) is 36.4 Å². The third-order valence-corrected chi connectivity index (χ3v) is 8.87. The number of para-hydroxylation sites is 1. The highest BCUT2D eigenvalue weighted by Gasteiger charge is 2.30. The van der Waals surface area contributed by atoms with Crippen LogP contribution in [0.2, 0.25) is 0 Å². The highest BCUT2D eigenvalue weighted by Crippen LogP contribution is 2.44. The van der Waals surface area contributed by atoms with Crippen molar-refractivity contribution in [3.63, 3.8) is 0 Å². The topological polar surface area (TPSA) is 110 Å². The monoisotopic (exact) mass is 682 g/mol. The minimum absolute atomic E-state index is 0.0964. The van der Waals surface area contributed by atoms with Crippen LogP contribution in [-0.2, 0) is 0 Å². The molecule has 0 aliphatic rings. The van der Waals surface area contributed by atoms with Crippen LogP contribution in [0.25, 0.3) is 77.6 Å². The molecule has 2 aromatic heterocycles. The highest BCUT2D eigenvalue weighted by molar-refractivity contribution is 6.24. The minimum atomic E-state index is -1.85. The Labute approximate surface area is 292 Å². The smallest absolute Gasteiger partial charge is 0.180 e. The van der Waals surface area contributed by atoms with Crippen molar-refractivity contribution in [3.05, 3.63) is 149 Å². The number of halogens is 4. The standard InChI is InChI=1S/C42H18F4N6/c43-34-30(21-49)35(44)37(46)33(36(34)45)29-18-28-32(27-8-4-5-9-31(27)50-38(28)24-6-2-1-3-7-24)42-41(29)51-39(25-14-10-22(19-47)11-15-25)40(52-42)26-16-12-23(20-48)13-17-26/h1-18H. The van der Waals surface area contributed by atoms with E-state index in [1.165, 1.54) is 12.1 Å². The molecule has 8 aromatic rings. The van der Waals surface area contributed by atoms with Gasteiger partial charge in [0.2, 0.25) is 0 Å². The number of pyridine rings is 1. The molecule has 0 fully saturated rings. The van der Waals surface area contributed by atoms with Crippen LogP contribution in [0.3, 0.4) is 0 Å². The van der Waals surface area contributed by atoms with E-state index in [9.17, 15) is 15.8 Å². The molecular formula is C42H18F4N6. The van der Waals surface area contributed by atoms with Crippen LogP contribution in [-0.4, -0.2) is 15.0 Å². The number of hydrogen-bond acceptors (Lipinski definition) is 6. The summed E-state index contributed by atoms with van der Waals surface area (Å²) >= 11 is 0. The Balaban J connectivity index is 1.63. The van der Waals surface area contributed by atoms with Crippen molar-refractivity contribution >= 4 is 32.7 Å². The maximum Gasteiger partial charge on any atom is 0.180 e. The second kappa shape index (κ2) is 12.4. The van der Waals surface area contributed by atoms with E-state index in [1.54, 1.807) is 66.7 Å². The number of rotatable bonds is 4. The number of benzene rings is 6. The van der Waals surface area contributed by atoms with Gasteiger partial charge in [0.25, 0.3) is 0 Å². The zero-order valence-corrected chi connectivity index (χ0v) is 26.6. The van der Waals surface area contributed by atoms with Crippen LogP contribution in [0.15, 0.2) is 109 Å². The first-order valence-electron chi connectivity index (χ1n) is 15.7. The average molecular weight is 683 g/mol. The fraction of sp³-hybridized carbons (Fsp3) is 0. The maximum absolute atomic E-state index is 16.0. The maximum atomic E-state index is 16.0. The van der Waals surface area contributed by atoms with Gasteiger partial charge in [-0.3, -0.25) is 0 Å². The van der Waals surface area contributed by atoms with E-state index in [0.717, 1.165) is 0 Å². The Morgan fingerprint density at radius 3 is 1.54 bits per heavy atom. The Hall–Kier alpha value is -7.48. The van der Waals surface area contributed by atoms with E-state index in [-0.39, 0.29) is 22.3 Å². The minimum Gasteiger partial charge on any atom is -0.247 e. The predicted octanol–water partition coefficient (Wildman–Crippen LogP) is 10.2. The zero-order valence-electron chi connectivity index (χ0n) is 26.6. The summed E-state index contributed by atoms with van der Waals surface area (Å²) < 4.78 is 62.7. The first-order chi connectivity index (χ1) is 25.3. The fourth-order valence-electron chi connectivity index (χ4n) is 6.41. The van der Waals surface area contributed by atoms with Crippen molar-refractivity contribution in [2.24, 2.45) is 0 Å². The van der Waals surface area contributed by atoms with Gasteiger partial charge in [0.1, 0.15) is 11.6 Å². The van der Waals surface area contributed by atoms with Crippen LogP contribution < -0.4 is 0 Å². The molecule has 10 heteroatoms. The lowest BCUT2D eigenvalue weighted by Crippen LogP contribution is -2.06. The normalized spacial score (nSPS) is 11.0. The molecule has 0 aliphatic carbocycles. The van der Waals surface area contributed by atoms with Crippen molar-refractivity contribution in [3.8, 4) is 63.1 Å². The molecule has 0 amide bonds. The molecule has 0 saturated heterocycles. The zero-order chi connectivity index (χ0) is 36.1. The number of nitriles is 3. The summed E-state index contributed by atoms with van der Waals surface area (Å²) in [5.74, 6) is -7.24. The molecular weight excluding hydrogens is 664 g/mol. The van der Waals surface area contributed by atoms with Crippen molar-refractivity contribution in [2.75, 3.05) is 0 Å². The fourth-order valence-corrected chi connectivity index (χ4v) is 6.41. The Bertz CT molecular complexity index is 2880. The first kappa shape index (κ1) is 31.8. The van der Waals surface area contributed by atoms with Crippen LogP contribution >= 0.6 is 0 Å². The van der Waals surface area contributed by atoms with Crippen LogP contribution in [0.4, 0.5) is 17.6 Å². The largest absolute Gasteiger partial charge is 0.247 e. The molecule has 8 rings (SSSR count). The van der Waals surface area contributed by atoms with Gasteiger partial charge in [-0.1, -0.05) is 72.8 Å². The van der Waals surface area contributed by atoms with Gasteiger partial charge in [-0.15, -0.1) is 0 Å². The van der Waals surface area contributed by atoms with Gasteiger partial charge in [-0.25, -0.2) is 32.5 Å². The third-order valence-electron chi connectivity index (χ3n) is 8.87. The van der Waals surface area contributed by atoms with Gasteiger partial charge in [0, 0.05) is 38.4 Å². The first-order valence-corrected chi connectivity index (χ1v) is 15.7. The Kier molecular flexibility index (Phi) is 7.60. The van der Waals surface area contributed by atoms with Crippen LogP contribution in [0, 0.1) is 57.3 Å². The lowest BCUT2D eigenvalue weighted by Gasteiger charge is -2.18. The van der Waals surface area contributed by atoms with E-state index in [4.69, 9.17) is 15.0 Å². The highest BCUT2D eigenvalue weighted by atomic mass is 19.2. The summed E-state index contributed by atoms with van der Waals surface area (Å²) in [5.41, 5.74) is 1.20. The predicted molar refractivity (Wildman–Crippen MR) is 188 cm³/mol. The molecule has 52 heavy (non-hydrogen) atoms. The van der Waals surface area contributed by atoms with Crippen LogP contribution in [0.5, 0.6) is 0 Å². The van der Waals surface area contributed by atoms with E-state index in [0.29, 0.717) is 60.9 Å². The number of nitrogens with zero attached hydrogens (tertiary/aromatic N) is 6. The van der Waals surface area contributed by atoms with Crippen molar-refractivity contribution < 1.29 is 17.6 Å². The SMILES string of the molecule is N#Cc1ccc(-c2nc3c(-c4c(F)c(F)c(C#N)c(F)c4F)cc4c(-c5ccccc5)nc5ccccc5c4c3nc2-c2ccc(C#N)cc2)cc1. The number of fused-ring (bicyclic) bond motifs is 5. The van der Waals surface area contributed by atoms with Crippen molar-refractivity contribution in [1.82, 2.24) is 15.0 Å². The van der Waals surface area contributed by atoms with Gasteiger partial charge in [0.15, 0.2) is 23.3 Å². The molecule has 0 aliphatic heterocycles. The quantitative estimate of drug-likeness (QED) is 0.104. The van der Waals surface area contributed by atoms with E-state index >= 15 is 17.6 Å². The van der Waals surface area contributed by atoms with Gasteiger partial charge < -0.3 is 0 Å². The molecule has 0 N–H and O–H groups in total. The van der Waals surface area contributed by atoms with Gasteiger partial charge in [-0.2, -0.15) is 15.8 Å². The Morgan fingerprint density at radius 1 is 0.462 bits per heavy atom. The summed E-state index contributed by atoms with van der Waals surface area (Å²) in [6.07, 6.45) is 0. The number of hydrogen-bond donors (Lipinski definition) is 0. The lowest BCUT2D eigenvalue weighted by molar-refractivity contribution is 0.454. The molecule has 2 heterocycles. The summed E-state index contributed by atoms with van der Waals surface area (Å²) in [6.45, 7) is 0. The summed E-state index contributed by atoms with van der Waals surface area (Å²) in [5, 5.41) is 29.7. The second-order valence-corrected chi connectivity index (χ2v) is 11.8. The van der Waals surface area contributed by atoms with Gasteiger partial charge in [0.05, 0.1) is 62.5 Å². The summed E-state index contributed by atoms with van der Waals surface area (Å²) in [6, 6.07) is 36.0. The second-order valence-electron chi connectivity index (χ2n) is 11.8. The van der Waals surface area contributed by atoms with E-state index < -0.39 is 34.4 Å². The van der Waals surface area contributed by atoms with E-state index in [1.807, 2.05) is 36.4 Å². The number of aromatic nitrogens is 3. The molecule has 0 atom stereocenters. The van der Waals surface area contributed by atoms with Crippen LogP contribution in [0.1, 0.15) is 16.7 Å². The molecule has 6 aromatic carbocycles. The molecule has 0 unspecified atom stereocenters. The van der Waals surface area contributed by atoms with Crippen molar-refractivity contribution in [2.45, 2.75) is 0 Å².